The van der Waals surface area contributed by atoms with Gasteiger partial charge in [0.15, 0.2) is 11.5 Å². The lowest BCUT2D eigenvalue weighted by Gasteiger charge is -2.26. The van der Waals surface area contributed by atoms with Gasteiger partial charge in [0.2, 0.25) is 0 Å². The maximum Gasteiger partial charge on any atom is 0.335 e. The molecule has 7 nitrogen and oxygen atoms in total. The van der Waals surface area contributed by atoms with Gasteiger partial charge in [-0.15, -0.1) is 0 Å². The highest BCUT2D eigenvalue weighted by Crippen LogP contribution is 2.31. The Labute approximate surface area is 205 Å². The van der Waals surface area contributed by atoms with E-state index >= 15 is 0 Å². The molecule has 178 valence electrons. The van der Waals surface area contributed by atoms with Crippen molar-refractivity contribution in [2.24, 2.45) is 0 Å². The van der Waals surface area contributed by atoms with Gasteiger partial charge in [-0.3, -0.25) is 14.9 Å². The van der Waals surface area contributed by atoms with Crippen LogP contribution in [-0.2, 0) is 16.2 Å². The maximum atomic E-state index is 13.1. The molecule has 1 saturated heterocycles. The molecule has 1 N–H and O–H groups in total. The average molecular weight is 495 g/mol. The number of imide groups is 2. The van der Waals surface area contributed by atoms with Crippen LogP contribution in [0, 0.1) is 5.82 Å². The number of anilines is 1. The summed E-state index contributed by atoms with van der Waals surface area (Å²) in [5.41, 5.74) is 1.32. The zero-order valence-corrected chi connectivity index (χ0v) is 19.3. The largest absolute Gasteiger partial charge is 0.490 e. The first-order chi connectivity index (χ1) is 16.9. The van der Waals surface area contributed by atoms with Crippen molar-refractivity contribution in [1.29, 1.82) is 0 Å². The number of barbiturate groups is 1. The number of hydrogen-bond acceptors (Lipinski definition) is 5. The van der Waals surface area contributed by atoms with Gasteiger partial charge in [0.05, 0.1) is 12.3 Å². The van der Waals surface area contributed by atoms with Crippen LogP contribution < -0.4 is 19.7 Å². The van der Waals surface area contributed by atoms with Crippen LogP contribution in [0.3, 0.4) is 0 Å². The SMILES string of the molecule is CCOc1cc(/C=C2\C(=O)NC(=O)N(c3ccc(Cl)cc3)C2=O)ccc1OCc1ccc(F)cc1. The Morgan fingerprint density at radius 3 is 2.34 bits per heavy atom. The first-order valence-corrected chi connectivity index (χ1v) is 11.0. The fraction of sp³-hybridized carbons (Fsp3) is 0.115. The molecule has 0 unspecified atom stereocenters. The summed E-state index contributed by atoms with van der Waals surface area (Å²) in [6, 6.07) is 16.1. The van der Waals surface area contributed by atoms with Gasteiger partial charge in [-0.25, -0.2) is 14.1 Å². The standard InChI is InChI=1S/C26H20ClFN2O5/c1-2-34-23-14-17(5-12-22(23)35-15-16-3-8-19(28)9-4-16)13-21-24(31)29-26(33)30(25(21)32)20-10-6-18(27)7-11-20/h3-14H,2,15H2,1H3,(H,29,31,33)/b21-13+. The Hall–Kier alpha value is -4.17. The molecule has 1 aliphatic heterocycles. The minimum atomic E-state index is -0.848. The van der Waals surface area contributed by atoms with Crippen molar-refractivity contribution in [3.05, 3.63) is 94.3 Å². The third-order valence-electron chi connectivity index (χ3n) is 5.07. The second-order valence-electron chi connectivity index (χ2n) is 7.49. The van der Waals surface area contributed by atoms with Gasteiger partial charge in [-0.05, 0) is 72.7 Å². The Morgan fingerprint density at radius 1 is 0.943 bits per heavy atom. The molecule has 35 heavy (non-hydrogen) atoms. The lowest BCUT2D eigenvalue weighted by atomic mass is 10.1. The molecule has 9 heteroatoms. The van der Waals surface area contributed by atoms with E-state index in [0.29, 0.717) is 28.7 Å². The summed E-state index contributed by atoms with van der Waals surface area (Å²) in [5.74, 6) is -1.07. The molecular formula is C26H20ClFN2O5. The quantitative estimate of drug-likeness (QED) is 0.364. The van der Waals surface area contributed by atoms with Crippen LogP contribution >= 0.6 is 11.6 Å². The molecule has 3 aromatic rings. The molecule has 4 amide bonds. The van der Waals surface area contributed by atoms with E-state index in [-0.39, 0.29) is 23.7 Å². The molecular weight excluding hydrogens is 475 g/mol. The summed E-state index contributed by atoms with van der Waals surface area (Å²) < 4.78 is 24.6. The minimum absolute atomic E-state index is 0.194. The number of carbonyl (C=O) groups is 3. The average Bonchev–Trinajstić information content (AvgIpc) is 2.83. The van der Waals surface area contributed by atoms with Gasteiger partial charge in [0, 0.05) is 5.02 Å². The fourth-order valence-electron chi connectivity index (χ4n) is 3.39. The van der Waals surface area contributed by atoms with Crippen molar-refractivity contribution in [1.82, 2.24) is 5.32 Å². The Morgan fingerprint density at radius 2 is 1.66 bits per heavy atom. The third kappa shape index (κ3) is 5.50. The van der Waals surface area contributed by atoms with Crippen LogP contribution in [0.5, 0.6) is 11.5 Å². The van der Waals surface area contributed by atoms with Crippen LogP contribution in [0.1, 0.15) is 18.1 Å². The molecule has 0 radical (unpaired) electrons. The number of halogens is 2. The number of ether oxygens (including phenoxy) is 2. The predicted octanol–water partition coefficient (Wildman–Crippen LogP) is 5.12. The molecule has 1 fully saturated rings. The molecule has 0 bridgehead atoms. The summed E-state index contributed by atoms with van der Waals surface area (Å²) in [4.78, 5) is 38.7. The first-order valence-electron chi connectivity index (χ1n) is 10.7. The van der Waals surface area contributed by atoms with Crippen molar-refractivity contribution in [2.45, 2.75) is 13.5 Å². The fourth-order valence-corrected chi connectivity index (χ4v) is 3.52. The van der Waals surface area contributed by atoms with Crippen molar-refractivity contribution < 1.29 is 28.2 Å². The Bertz CT molecular complexity index is 1310. The normalized spacial score (nSPS) is 14.8. The first kappa shape index (κ1) is 24.0. The van der Waals surface area contributed by atoms with Crippen molar-refractivity contribution in [3.8, 4) is 11.5 Å². The number of nitrogens with one attached hydrogen (secondary N) is 1. The highest BCUT2D eigenvalue weighted by atomic mass is 35.5. The smallest absolute Gasteiger partial charge is 0.335 e. The second kappa shape index (κ2) is 10.4. The van der Waals surface area contributed by atoms with Gasteiger partial charge in [0.25, 0.3) is 11.8 Å². The summed E-state index contributed by atoms with van der Waals surface area (Å²) in [5, 5.41) is 2.62. The highest BCUT2D eigenvalue weighted by molar-refractivity contribution is 6.39. The molecule has 1 aliphatic rings. The van der Waals surface area contributed by atoms with Gasteiger partial charge in [0.1, 0.15) is 18.0 Å². The van der Waals surface area contributed by atoms with E-state index in [4.69, 9.17) is 21.1 Å². The predicted molar refractivity (Wildman–Crippen MR) is 129 cm³/mol. The van der Waals surface area contributed by atoms with Crippen molar-refractivity contribution >= 4 is 41.2 Å². The highest BCUT2D eigenvalue weighted by Gasteiger charge is 2.36. The number of amides is 4. The number of hydrogen-bond donors (Lipinski definition) is 1. The molecule has 0 saturated carbocycles. The number of nitrogens with zero attached hydrogens (tertiary/aromatic N) is 1. The van der Waals surface area contributed by atoms with E-state index in [1.165, 1.54) is 42.5 Å². The molecule has 0 atom stereocenters. The van der Waals surface area contributed by atoms with E-state index in [1.807, 2.05) is 6.92 Å². The molecule has 4 rings (SSSR count). The zero-order valence-electron chi connectivity index (χ0n) is 18.6. The molecule has 3 aromatic carbocycles. The van der Waals surface area contributed by atoms with Gasteiger partial charge < -0.3 is 9.47 Å². The van der Waals surface area contributed by atoms with E-state index < -0.39 is 17.8 Å². The van der Waals surface area contributed by atoms with Crippen LogP contribution in [-0.4, -0.2) is 24.5 Å². The van der Waals surface area contributed by atoms with Crippen molar-refractivity contribution in [3.63, 3.8) is 0 Å². The van der Waals surface area contributed by atoms with E-state index in [1.54, 1.807) is 30.3 Å². The summed E-state index contributed by atoms with van der Waals surface area (Å²) >= 11 is 5.89. The monoisotopic (exact) mass is 494 g/mol. The second-order valence-corrected chi connectivity index (χ2v) is 7.93. The lowest BCUT2D eigenvalue weighted by molar-refractivity contribution is -0.122. The van der Waals surface area contributed by atoms with E-state index in [2.05, 4.69) is 5.32 Å². The summed E-state index contributed by atoms with van der Waals surface area (Å²) in [7, 11) is 0. The summed E-state index contributed by atoms with van der Waals surface area (Å²) in [6.07, 6.45) is 1.37. The number of urea groups is 1. The molecule has 0 aromatic heterocycles. The molecule has 1 heterocycles. The third-order valence-corrected chi connectivity index (χ3v) is 5.32. The van der Waals surface area contributed by atoms with E-state index in [9.17, 15) is 18.8 Å². The van der Waals surface area contributed by atoms with Crippen LogP contribution in [0.15, 0.2) is 72.3 Å². The number of benzene rings is 3. The van der Waals surface area contributed by atoms with Crippen LogP contribution in [0.25, 0.3) is 6.08 Å². The number of carbonyl (C=O) groups excluding carboxylic acids is 3. The Kier molecular flexibility index (Phi) is 7.12. The van der Waals surface area contributed by atoms with Gasteiger partial charge in [-0.1, -0.05) is 29.8 Å². The Balaban J connectivity index is 1.60. The summed E-state index contributed by atoms with van der Waals surface area (Å²) in [6.45, 7) is 2.35. The molecule has 0 aliphatic carbocycles. The minimum Gasteiger partial charge on any atom is -0.490 e. The lowest BCUT2D eigenvalue weighted by Crippen LogP contribution is -2.54. The maximum absolute atomic E-state index is 13.1. The number of rotatable bonds is 7. The topological polar surface area (TPSA) is 84.9 Å². The molecule has 0 spiro atoms. The van der Waals surface area contributed by atoms with Crippen LogP contribution in [0.4, 0.5) is 14.9 Å². The van der Waals surface area contributed by atoms with E-state index in [0.717, 1.165) is 10.5 Å². The van der Waals surface area contributed by atoms with Gasteiger partial charge in [-0.2, -0.15) is 0 Å². The van der Waals surface area contributed by atoms with Crippen molar-refractivity contribution in [2.75, 3.05) is 11.5 Å². The van der Waals surface area contributed by atoms with Gasteiger partial charge >= 0.3 is 6.03 Å². The van der Waals surface area contributed by atoms with Crippen LogP contribution in [0.2, 0.25) is 5.02 Å². The zero-order chi connectivity index (χ0) is 24.9.